The molecule has 1 atom stereocenters. The molecule has 0 amide bonds. The third-order valence-corrected chi connectivity index (χ3v) is 2.91. The highest BCUT2D eigenvalue weighted by atomic mass is 16.5. The molecule has 1 aromatic rings. The summed E-state index contributed by atoms with van der Waals surface area (Å²) in [4.78, 5) is 12.0. The van der Waals surface area contributed by atoms with E-state index >= 15 is 0 Å². The van der Waals surface area contributed by atoms with Crippen molar-refractivity contribution in [2.75, 3.05) is 19.7 Å². The van der Waals surface area contributed by atoms with Crippen molar-refractivity contribution in [2.24, 2.45) is 0 Å². The molecule has 0 aliphatic carbocycles. The number of hydrogen-bond acceptors (Lipinski definition) is 3. The fraction of sp³-hybridized carbons (Fsp3) is 0.462. The maximum Gasteiger partial charge on any atom is 0.167 e. The first kappa shape index (κ1) is 11.3. The Kier molecular flexibility index (Phi) is 3.70. The summed E-state index contributed by atoms with van der Waals surface area (Å²) in [6, 6.07) is 7.99. The number of morpholine rings is 1. The van der Waals surface area contributed by atoms with Crippen LogP contribution in [0, 0.1) is 6.92 Å². The zero-order valence-corrected chi connectivity index (χ0v) is 9.53. The number of ketones is 1. The highest BCUT2D eigenvalue weighted by Crippen LogP contribution is 2.10. The summed E-state index contributed by atoms with van der Waals surface area (Å²) in [6.07, 6.45) is 0.201. The van der Waals surface area contributed by atoms with Gasteiger partial charge in [-0.3, -0.25) is 4.79 Å². The van der Waals surface area contributed by atoms with Gasteiger partial charge in [-0.2, -0.15) is 0 Å². The first-order chi connectivity index (χ1) is 7.77. The van der Waals surface area contributed by atoms with E-state index in [4.69, 9.17) is 4.74 Å². The minimum atomic E-state index is -0.270. The topological polar surface area (TPSA) is 38.3 Å². The second-order valence-corrected chi connectivity index (χ2v) is 4.13. The fourth-order valence-corrected chi connectivity index (χ4v) is 1.88. The molecule has 1 saturated heterocycles. The molecule has 0 spiro atoms. The summed E-state index contributed by atoms with van der Waals surface area (Å²) >= 11 is 0. The SMILES string of the molecule is Cc1ccccc1CC(=O)C1CNCCO1. The van der Waals surface area contributed by atoms with Crippen molar-refractivity contribution < 1.29 is 9.53 Å². The molecule has 3 heteroatoms. The second-order valence-electron chi connectivity index (χ2n) is 4.13. The van der Waals surface area contributed by atoms with Crippen LogP contribution in [0.5, 0.6) is 0 Å². The van der Waals surface area contributed by atoms with Gasteiger partial charge in [-0.05, 0) is 18.1 Å². The predicted molar refractivity (Wildman–Crippen MR) is 62.5 cm³/mol. The molecule has 16 heavy (non-hydrogen) atoms. The third-order valence-electron chi connectivity index (χ3n) is 2.91. The van der Waals surface area contributed by atoms with E-state index in [0.717, 1.165) is 12.1 Å². The van der Waals surface area contributed by atoms with Gasteiger partial charge in [0.15, 0.2) is 5.78 Å². The Labute approximate surface area is 95.8 Å². The Morgan fingerprint density at radius 2 is 2.31 bits per heavy atom. The highest BCUT2D eigenvalue weighted by molar-refractivity contribution is 5.85. The smallest absolute Gasteiger partial charge is 0.167 e. The molecule has 1 heterocycles. The largest absolute Gasteiger partial charge is 0.368 e. The van der Waals surface area contributed by atoms with Gasteiger partial charge in [-0.25, -0.2) is 0 Å². The summed E-state index contributed by atoms with van der Waals surface area (Å²) in [5.74, 6) is 0.168. The maximum absolute atomic E-state index is 12.0. The van der Waals surface area contributed by atoms with Crippen LogP contribution in [0.3, 0.4) is 0 Å². The number of hydrogen-bond donors (Lipinski definition) is 1. The van der Waals surface area contributed by atoms with Gasteiger partial charge >= 0.3 is 0 Å². The van der Waals surface area contributed by atoms with Crippen LogP contribution in [0.2, 0.25) is 0 Å². The van der Waals surface area contributed by atoms with E-state index in [1.807, 2.05) is 31.2 Å². The number of Topliss-reactive ketones (excluding diaryl/α,β-unsaturated/α-hetero) is 1. The van der Waals surface area contributed by atoms with Crippen molar-refractivity contribution in [1.82, 2.24) is 5.32 Å². The molecule has 0 bridgehead atoms. The fourth-order valence-electron chi connectivity index (χ4n) is 1.88. The lowest BCUT2D eigenvalue weighted by atomic mass is 10.0. The maximum atomic E-state index is 12.0. The van der Waals surface area contributed by atoms with Crippen molar-refractivity contribution in [1.29, 1.82) is 0 Å². The minimum absolute atomic E-state index is 0.168. The van der Waals surface area contributed by atoms with Gasteiger partial charge in [0.05, 0.1) is 6.61 Å². The molecule has 86 valence electrons. The van der Waals surface area contributed by atoms with E-state index in [1.165, 1.54) is 5.56 Å². The number of carbonyl (C=O) groups excluding carboxylic acids is 1. The molecule has 2 rings (SSSR count). The van der Waals surface area contributed by atoms with Crippen LogP contribution < -0.4 is 5.32 Å². The van der Waals surface area contributed by atoms with E-state index < -0.39 is 0 Å². The van der Waals surface area contributed by atoms with Gasteiger partial charge in [0, 0.05) is 19.5 Å². The first-order valence-electron chi connectivity index (χ1n) is 5.67. The molecule has 1 aromatic carbocycles. The van der Waals surface area contributed by atoms with Gasteiger partial charge in [0.1, 0.15) is 6.10 Å². The molecule has 0 saturated carbocycles. The summed E-state index contributed by atoms with van der Waals surface area (Å²) in [5, 5.41) is 3.17. The molecule has 0 aromatic heterocycles. The Morgan fingerprint density at radius 1 is 1.50 bits per heavy atom. The number of aryl methyl sites for hydroxylation is 1. The standard InChI is InChI=1S/C13H17NO2/c1-10-4-2-3-5-11(10)8-12(15)13-9-14-6-7-16-13/h2-5,13-14H,6-9H2,1H3. The van der Waals surface area contributed by atoms with Gasteiger partial charge in [-0.1, -0.05) is 24.3 Å². The normalized spacial score (nSPS) is 20.7. The second kappa shape index (κ2) is 5.23. The minimum Gasteiger partial charge on any atom is -0.368 e. The molecule has 3 nitrogen and oxygen atoms in total. The highest BCUT2D eigenvalue weighted by Gasteiger charge is 2.21. The van der Waals surface area contributed by atoms with Crippen molar-refractivity contribution in [3.63, 3.8) is 0 Å². The summed E-state index contributed by atoms with van der Waals surface area (Å²) in [6.45, 7) is 4.14. The van der Waals surface area contributed by atoms with Crippen molar-refractivity contribution in [3.8, 4) is 0 Å². The molecular weight excluding hydrogens is 202 g/mol. The van der Waals surface area contributed by atoms with Crippen LogP contribution in [0.1, 0.15) is 11.1 Å². The van der Waals surface area contributed by atoms with E-state index in [2.05, 4.69) is 5.32 Å². The van der Waals surface area contributed by atoms with Gasteiger partial charge in [0.25, 0.3) is 0 Å². The Balaban J connectivity index is 1.99. The number of rotatable bonds is 3. The number of carbonyl (C=O) groups is 1. The molecule has 1 aliphatic heterocycles. The molecular formula is C13H17NO2. The Hall–Kier alpha value is -1.19. The molecule has 0 radical (unpaired) electrons. The van der Waals surface area contributed by atoms with Gasteiger partial charge in [-0.15, -0.1) is 0 Å². The molecule has 1 unspecified atom stereocenters. The zero-order valence-electron chi connectivity index (χ0n) is 9.53. The monoisotopic (exact) mass is 219 g/mol. The predicted octanol–water partition coefficient (Wildman–Crippen LogP) is 1.10. The van der Waals surface area contributed by atoms with Crippen molar-refractivity contribution in [3.05, 3.63) is 35.4 Å². The van der Waals surface area contributed by atoms with Crippen molar-refractivity contribution in [2.45, 2.75) is 19.4 Å². The summed E-state index contributed by atoms with van der Waals surface area (Å²) in [7, 11) is 0. The van der Waals surface area contributed by atoms with E-state index in [-0.39, 0.29) is 11.9 Å². The average molecular weight is 219 g/mol. The van der Waals surface area contributed by atoms with Gasteiger partial charge in [0.2, 0.25) is 0 Å². The Bertz CT molecular complexity index is 370. The molecule has 1 fully saturated rings. The number of ether oxygens (including phenoxy) is 1. The van der Waals surface area contributed by atoms with Crippen LogP contribution in [0.25, 0.3) is 0 Å². The van der Waals surface area contributed by atoms with E-state index in [1.54, 1.807) is 0 Å². The number of benzene rings is 1. The molecule has 1 aliphatic rings. The first-order valence-corrected chi connectivity index (χ1v) is 5.67. The van der Waals surface area contributed by atoms with Gasteiger partial charge < -0.3 is 10.1 Å². The summed E-state index contributed by atoms with van der Waals surface area (Å²) < 4.78 is 5.44. The quantitative estimate of drug-likeness (QED) is 0.827. The lowest BCUT2D eigenvalue weighted by molar-refractivity contribution is -0.131. The zero-order chi connectivity index (χ0) is 11.4. The average Bonchev–Trinajstić information content (AvgIpc) is 2.33. The third kappa shape index (κ3) is 2.68. The van der Waals surface area contributed by atoms with Crippen LogP contribution in [-0.2, 0) is 16.0 Å². The Morgan fingerprint density at radius 3 is 3.00 bits per heavy atom. The summed E-state index contributed by atoms with van der Waals surface area (Å²) in [5.41, 5.74) is 2.27. The van der Waals surface area contributed by atoms with Crippen LogP contribution in [-0.4, -0.2) is 31.6 Å². The van der Waals surface area contributed by atoms with E-state index in [9.17, 15) is 4.79 Å². The van der Waals surface area contributed by atoms with Crippen LogP contribution in [0.15, 0.2) is 24.3 Å². The number of nitrogens with one attached hydrogen (secondary N) is 1. The molecule has 1 N–H and O–H groups in total. The lowest BCUT2D eigenvalue weighted by Gasteiger charge is -2.22. The van der Waals surface area contributed by atoms with Crippen molar-refractivity contribution >= 4 is 5.78 Å². The van der Waals surface area contributed by atoms with Crippen LogP contribution >= 0.6 is 0 Å². The van der Waals surface area contributed by atoms with Crippen LogP contribution in [0.4, 0.5) is 0 Å². The lowest BCUT2D eigenvalue weighted by Crippen LogP contribution is -2.43. The van der Waals surface area contributed by atoms with E-state index in [0.29, 0.717) is 19.6 Å².